The van der Waals surface area contributed by atoms with Gasteiger partial charge in [-0.2, -0.15) is 0 Å². The van der Waals surface area contributed by atoms with Crippen molar-refractivity contribution in [2.45, 2.75) is 25.4 Å². The number of carbonyl (C=O) groups is 1. The summed E-state index contributed by atoms with van der Waals surface area (Å²) in [5.74, 6) is -0.0660. The Morgan fingerprint density at radius 1 is 1.19 bits per heavy atom. The average Bonchev–Trinajstić information content (AvgIpc) is 3.38. The number of aliphatic carboxylic acids is 1. The van der Waals surface area contributed by atoms with Crippen molar-refractivity contribution in [3.8, 4) is 11.5 Å². The van der Waals surface area contributed by atoms with Gasteiger partial charge in [-0.25, -0.2) is 4.39 Å². The van der Waals surface area contributed by atoms with Crippen LogP contribution in [-0.4, -0.2) is 22.7 Å². The summed E-state index contributed by atoms with van der Waals surface area (Å²) in [6.45, 7) is 2.21. The van der Waals surface area contributed by atoms with Crippen LogP contribution in [0.3, 0.4) is 0 Å². The molecule has 0 fully saturated rings. The van der Waals surface area contributed by atoms with Crippen molar-refractivity contribution in [3.05, 3.63) is 94.9 Å². The molecule has 0 saturated carbocycles. The van der Waals surface area contributed by atoms with Gasteiger partial charge >= 0.3 is 5.97 Å². The molecule has 3 aromatic carbocycles. The molecular weight excluding hydrogens is 409 g/mol. The lowest BCUT2D eigenvalue weighted by Gasteiger charge is -2.22. The number of rotatable bonds is 6. The zero-order valence-electron chi connectivity index (χ0n) is 17.5. The standard InChI is InChI=1S/C26H22FNO4/c1-15-10-19(27)4-6-21(15)26(17-3-2-16-8-9-28-23(16)11-17)32-20-5-7-22-18(12-25(29)30)14-31-24(22)13-20/h2-11,13,18,26,28H,12,14H2,1H3,(H,29,30). The van der Waals surface area contributed by atoms with Crippen LogP contribution in [0.25, 0.3) is 10.9 Å². The van der Waals surface area contributed by atoms with Crippen LogP contribution in [0.2, 0.25) is 0 Å². The Morgan fingerprint density at radius 3 is 2.88 bits per heavy atom. The van der Waals surface area contributed by atoms with Gasteiger partial charge in [-0.15, -0.1) is 0 Å². The molecule has 2 atom stereocenters. The third-order valence-electron chi connectivity index (χ3n) is 5.94. The molecule has 2 N–H and O–H groups in total. The minimum Gasteiger partial charge on any atom is -0.492 e. The molecule has 5 nitrogen and oxygen atoms in total. The van der Waals surface area contributed by atoms with Crippen LogP contribution in [0.1, 0.15) is 40.7 Å². The fourth-order valence-electron chi connectivity index (χ4n) is 4.32. The van der Waals surface area contributed by atoms with Crippen LogP contribution >= 0.6 is 0 Å². The summed E-state index contributed by atoms with van der Waals surface area (Å²) >= 11 is 0. The number of carboxylic acid groups (broad SMARTS) is 1. The van der Waals surface area contributed by atoms with Gasteiger partial charge in [-0.1, -0.05) is 24.3 Å². The van der Waals surface area contributed by atoms with Crippen molar-refractivity contribution in [1.29, 1.82) is 0 Å². The van der Waals surface area contributed by atoms with E-state index in [9.17, 15) is 9.18 Å². The molecule has 4 aromatic rings. The molecule has 0 saturated heterocycles. The summed E-state index contributed by atoms with van der Waals surface area (Å²) in [5, 5.41) is 10.2. The van der Waals surface area contributed by atoms with Gasteiger partial charge in [-0.3, -0.25) is 4.79 Å². The first kappa shape index (κ1) is 20.1. The molecule has 6 heteroatoms. The van der Waals surface area contributed by atoms with Crippen LogP contribution < -0.4 is 9.47 Å². The number of benzene rings is 3. The Hall–Kier alpha value is -3.80. The van der Waals surface area contributed by atoms with Crippen molar-refractivity contribution in [2.75, 3.05) is 6.61 Å². The topological polar surface area (TPSA) is 71.6 Å². The second kappa shape index (κ2) is 8.04. The summed E-state index contributed by atoms with van der Waals surface area (Å²) in [4.78, 5) is 14.3. The van der Waals surface area contributed by atoms with E-state index < -0.39 is 12.1 Å². The lowest BCUT2D eigenvalue weighted by atomic mass is 9.96. The average molecular weight is 431 g/mol. The second-order valence-electron chi connectivity index (χ2n) is 8.13. The molecule has 0 aliphatic carbocycles. The van der Waals surface area contributed by atoms with Crippen LogP contribution in [0.4, 0.5) is 4.39 Å². The Kier molecular flexibility index (Phi) is 5.05. The lowest BCUT2D eigenvalue weighted by Crippen LogP contribution is -2.11. The van der Waals surface area contributed by atoms with E-state index in [4.69, 9.17) is 14.6 Å². The highest BCUT2D eigenvalue weighted by Gasteiger charge is 2.27. The van der Waals surface area contributed by atoms with E-state index in [2.05, 4.69) is 4.98 Å². The van der Waals surface area contributed by atoms with E-state index >= 15 is 0 Å². The number of hydrogen-bond donors (Lipinski definition) is 2. The third-order valence-corrected chi connectivity index (χ3v) is 5.94. The molecule has 32 heavy (non-hydrogen) atoms. The first-order valence-electron chi connectivity index (χ1n) is 10.5. The zero-order valence-corrected chi connectivity index (χ0v) is 17.5. The third kappa shape index (κ3) is 3.80. The molecule has 1 aromatic heterocycles. The van der Waals surface area contributed by atoms with Crippen molar-refractivity contribution < 1.29 is 23.8 Å². The number of H-pyrrole nitrogens is 1. The molecular formula is C26H22FNO4. The highest BCUT2D eigenvalue weighted by atomic mass is 19.1. The fourth-order valence-corrected chi connectivity index (χ4v) is 4.32. The fraction of sp³-hybridized carbons (Fsp3) is 0.192. The number of hydrogen-bond acceptors (Lipinski definition) is 3. The van der Waals surface area contributed by atoms with Gasteiger partial charge in [0.05, 0.1) is 13.0 Å². The summed E-state index contributed by atoms with van der Waals surface area (Å²) in [6, 6.07) is 18.3. The van der Waals surface area contributed by atoms with Crippen molar-refractivity contribution in [2.24, 2.45) is 0 Å². The Morgan fingerprint density at radius 2 is 2.06 bits per heavy atom. The molecule has 0 bridgehead atoms. The molecule has 0 spiro atoms. The molecule has 2 heterocycles. The maximum atomic E-state index is 13.8. The number of aromatic nitrogens is 1. The highest BCUT2D eigenvalue weighted by Crippen LogP contribution is 2.40. The first-order valence-corrected chi connectivity index (χ1v) is 10.5. The first-order chi connectivity index (χ1) is 15.5. The summed E-state index contributed by atoms with van der Waals surface area (Å²) < 4.78 is 26.0. The molecule has 1 aliphatic rings. The number of carboxylic acids is 1. The predicted molar refractivity (Wildman–Crippen MR) is 119 cm³/mol. The van der Waals surface area contributed by atoms with E-state index in [1.807, 2.05) is 49.5 Å². The Labute approximate surface area is 184 Å². The van der Waals surface area contributed by atoms with Crippen molar-refractivity contribution in [1.82, 2.24) is 4.98 Å². The molecule has 5 rings (SSSR count). The summed E-state index contributed by atoms with van der Waals surface area (Å²) in [7, 11) is 0. The molecule has 0 radical (unpaired) electrons. The molecule has 0 amide bonds. The van der Waals surface area contributed by atoms with Gasteiger partial charge in [0.15, 0.2) is 0 Å². The van der Waals surface area contributed by atoms with Crippen LogP contribution in [0, 0.1) is 12.7 Å². The summed E-state index contributed by atoms with van der Waals surface area (Å²) in [6.07, 6.45) is 1.46. The number of ether oxygens (including phenoxy) is 2. The van der Waals surface area contributed by atoms with Gasteiger partial charge in [0.25, 0.3) is 0 Å². The Balaban J connectivity index is 1.52. The highest BCUT2D eigenvalue weighted by molar-refractivity contribution is 5.80. The van der Waals surface area contributed by atoms with Gasteiger partial charge in [-0.05, 0) is 53.8 Å². The van der Waals surface area contributed by atoms with Gasteiger partial charge in [0, 0.05) is 34.8 Å². The maximum absolute atomic E-state index is 13.8. The Bertz CT molecular complexity index is 1310. The maximum Gasteiger partial charge on any atom is 0.304 e. The van der Waals surface area contributed by atoms with Gasteiger partial charge < -0.3 is 19.6 Å². The zero-order chi connectivity index (χ0) is 22.2. The summed E-state index contributed by atoms with van der Waals surface area (Å²) in [5.41, 5.74) is 4.45. The number of nitrogens with one attached hydrogen (secondary N) is 1. The molecule has 162 valence electrons. The van der Waals surface area contributed by atoms with Crippen LogP contribution in [0.15, 0.2) is 66.9 Å². The lowest BCUT2D eigenvalue weighted by molar-refractivity contribution is -0.137. The van der Waals surface area contributed by atoms with E-state index in [0.29, 0.717) is 18.1 Å². The van der Waals surface area contributed by atoms with Crippen molar-refractivity contribution in [3.63, 3.8) is 0 Å². The van der Waals surface area contributed by atoms with Crippen LogP contribution in [-0.2, 0) is 4.79 Å². The quantitative estimate of drug-likeness (QED) is 0.409. The van der Waals surface area contributed by atoms with Gasteiger partial charge in [0.1, 0.15) is 23.4 Å². The largest absolute Gasteiger partial charge is 0.492 e. The van der Waals surface area contributed by atoms with Gasteiger partial charge in [0.2, 0.25) is 0 Å². The smallest absolute Gasteiger partial charge is 0.304 e. The monoisotopic (exact) mass is 431 g/mol. The minimum absolute atomic E-state index is 0.0285. The van der Waals surface area contributed by atoms with E-state index in [1.54, 1.807) is 12.1 Å². The molecule has 2 unspecified atom stereocenters. The number of aromatic amines is 1. The predicted octanol–water partition coefficient (Wildman–Crippen LogP) is 5.73. The van der Waals surface area contributed by atoms with E-state index in [0.717, 1.165) is 33.2 Å². The number of fused-ring (bicyclic) bond motifs is 2. The number of aryl methyl sites for hydroxylation is 1. The SMILES string of the molecule is Cc1cc(F)ccc1C(Oc1ccc2c(c1)OCC2CC(=O)O)c1ccc2cc[nH]c2c1. The van der Waals surface area contributed by atoms with Crippen LogP contribution in [0.5, 0.6) is 11.5 Å². The van der Waals surface area contributed by atoms with E-state index in [-0.39, 0.29) is 18.2 Å². The molecule has 1 aliphatic heterocycles. The number of halogens is 1. The normalized spacial score (nSPS) is 15.9. The second-order valence-corrected chi connectivity index (χ2v) is 8.13. The van der Waals surface area contributed by atoms with E-state index in [1.165, 1.54) is 12.1 Å². The van der Waals surface area contributed by atoms with Crippen molar-refractivity contribution >= 4 is 16.9 Å². The minimum atomic E-state index is -0.849.